The number of hydrogen-bond acceptors (Lipinski definition) is 0. The van der Waals surface area contributed by atoms with E-state index in [1.54, 1.807) is 0 Å². The van der Waals surface area contributed by atoms with Gasteiger partial charge in [-0.05, 0) is 57.1 Å². The van der Waals surface area contributed by atoms with Crippen molar-refractivity contribution in [3.63, 3.8) is 0 Å². The summed E-state index contributed by atoms with van der Waals surface area (Å²) in [6.45, 7) is 0. The zero-order chi connectivity index (χ0) is 32.2. The van der Waals surface area contributed by atoms with Crippen molar-refractivity contribution < 1.29 is 0 Å². The average molecular weight is 631 g/mol. The topological polar surface area (TPSA) is 8.82 Å². The molecule has 12 aromatic rings. The second-order valence-corrected chi connectivity index (χ2v) is 14.0. The Morgan fingerprint density at radius 1 is 0.240 bits per heavy atom. The smallest absolute Gasteiger partial charge is 0.0641 e. The van der Waals surface area contributed by atoms with Gasteiger partial charge in [-0.3, -0.25) is 0 Å². The molecule has 1 aliphatic carbocycles. The second-order valence-electron chi connectivity index (χ2n) is 14.0. The lowest BCUT2D eigenvalue weighted by molar-refractivity contribution is 1.36. The second kappa shape index (κ2) is 8.68. The molecule has 13 rings (SSSR count). The van der Waals surface area contributed by atoms with Crippen molar-refractivity contribution in [2.24, 2.45) is 0 Å². The van der Waals surface area contributed by atoms with Crippen LogP contribution in [-0.2, 0) is 0 Å². The zero-order valence-electron chi connectivity index (χ0n) is 26.9. The van der Waals surface area contributed by atoms with Gasteiger partial charge in [0.2, 0.25) is 0 Å². The van der Waals surface area contributed by atoms with Gasteiger partial charge in [-0.1, -0.05) is 140 Å². The molecule has 0 fully saturated rings. The number of aromatic nitrogens is 2. The lowest BCUT2D eigenvalue weighted by atomic mass is 9.79. The Kier molecular flexibility index (Phi) is 4.41. The van der Waals surface area contributed by atoms with Crippen LogP contribution in [0.15, 0.2) is 158 Å². The van der Waals surface area contributed by atoms with E-state index in [0.29, 0.717) is 0 Å². The summed E-state index contributed by atoms with van der Waals surface area (Å²) in [5, 5.41) is 10.5. The van der Waals surface area contributed by atoms with Gasteiger partial charge < -0.3 is 8.80 Å². The summed E-state index contributed by atoms with van der Waals surface area (Å²) in [4.78, 5) is 0. The highest BCUT2D eigenvalue weighted by Crippen LogP contribution is 2.53. The predicted octanol–water partition coefficient (Wildman–Crippen LogP) is 13.0. The fourth-order valence-electron chi connectivity index (χ4n) is 9.91. The van der Waals surface area contributed by atoms with Crippen LogP contribution in [0.5, 0.6) is 0 Å². The Labute approximate surface area is 286 Å². The third kappa shape index (κ3) is 2.79. The molecule has 0 saturated heterocycles. The van der Waals surface area contributed by atoms with E-state index in [1.165, 1.54) is 121 Å². The summed E-state index contributed by atoms with van der Waals surface area (Å²) in [7, 11) is 0. The first-order valence-electron chi connectivity index (χ1n) is 17.5. The van der Waals surface area contributed by atoms with Crippen LogP contribution in [0, 0.1) is 0 Å². The Morgan fingerprint density at radius 3 is 1.42 bits per heavy atom. The predicted molar refractivity (Wildman–Crippen MR) is 211 cm³/mol. The molecule has 0 atom stereocenters. The minimum Gasteiger partial charge on any atom is -0.308 e. The van der Waals surface area contributed by atoms with E-state index in [9.17, 15) is 0 Å². The number of hydrogen-bond donors (Lipinski definition) is 0. The highest BCUT2D eigenvalue weighted by molar-refractivity contribution is 6.35. The van der Waals surface area contributed by atoms with Crippen molar-refractivity contribution in [3.8, 4) is 44.5 Å². The van der Waals surface area contributed by atoms with Crippen molar-refractivity contribution in [3.05, 3.63) is 158 Å². The molecule has 0 aliphatic heterocycles. The molecule has 0 N–H and O–H groups in total. The van der Waals surface area contributed by atoms with Crippen LogP contribution < -0.4 is 0 Å². The molecule has 2 heteroatoms. The summed E-state index contributed by atoms with van der Waals surface area (Å²) in [5.74, 6) is 0. The molecule has 50 heavy (non-hydrogen) atoms. The molecule has 2 nitrogen and oxygen atoms in total. The van der Waals surface area contributed by atoms with Crippen LogP contribution >= 0.6 is 0 Å². The van der Waals surface area contributed by atoms with Gasteiger partial charge in [0.1, 0.15) is 0 Å². The molecule has 0 amide bonds. The van der Waals surface area contributed by atoms with Gasteiger partial charge in [0.25, 0.3) is 0 Å². The molecule has 4 aromatic heterocycles. The van der Waals surface area contributed by atoms with E-state index in [1.807, 2.05) is 0 Å². The Balaban J connectivity index is 1.26. The molecule has 0 bridgehead atoms. The monoisotopic (exact) mass is 630 g/mol. The van der Waals surface area contributed by atoms with Crippen LogP contribution in [0.25, 0.3) is 121 Å². The van der Waals surface area contributed by atoms with Crippen molar-refractivity contribution in [2.45, 2.75) is 0 Å². The van der Waals surface area contributed by atoms with Crippen molar-refractivity contribution in [1.29, 1.82) is 0 Å². The summed E-state index contributed by atoms with van der Waals surface area (Å²) < 4.78 is 5.10. The minimum absolute atomic E-state index is 1.25. The van der Waals surface area contributed by atoms with Crippen LogP contribution in [0.2, 0.25) is 0 Å². The third-order valence-electron chi connectivity index (χ3n) is 11.7. The van der Waals surface area contributed by atoms with Gasteiger partial charge in [-0.2, -0.15) is 0 Å². The van der Waals surface area contributed by atoms with Crippen LogP contribution in [0.4, 0.5) is 0 Å². The number of para-hydroxylation sites is 3. The zero-order valence-corrected chi connectivity index (χ0v) is 26.9. The minimum atomic E-state index is 1.25. The van der Waals surface area contributed by atoms with E-state index in [0.717, 1.165) is 0 Å². The van der Waals surface area contributed by atoms with Crippen molar-refractivity contribution >= 4 is 76.2 Å². The first-order valence-corrected chi connectivity index (χ1v) is 17.5. The maximum atomic E-state index is 2.56. The van der Waals surface area contributed by atoms with Gasteiger partial charge in [-0.25, -0.2) is 0 Å². The van der Waals surface area contributed by atoms with E-state index in [4.69, 9.17) is 0 Å². The largest absolute Gasteiger partial charge is 0.308 e. The fourth-order valence-corrected chi connectivity index (χ4v) is 9.91. The Hall–Kier alpha value is -6.64. The quantitative estimate of drug-likeness (QED) is 0.158. The molecule has 228 valence electrons. The highest BCUT2D eigenvalue weighted by Gasteiger charge is 2.28. The van der Waals surface area contributed by atoms with E-state index in [-0.39, 0.29) is 0 Å². The molecular formula is C48H26N2. The summed E-state index contributed by atoms with van der Waals surface area (Å²) in [6.07, 6.45) is 0. The van der Waals surface area contributed by atoms with Gasteiger partial charge in [-0.15, -0.1) is 0 Å². The summed E-state index contributed by atoms with van der Waals surface area (Å²) in [6, 6.07) is 59.0. The Morgan fingerprint density at radius 2 is 0.700 bits per heavy atom. The molecule has 8 aromatic carbocycles. The van der Waals surface area contributed by atoms with Gasteiger partial charge in [0, 0.05) is 48.7 Å². The van der Waals surface area contributed by atoms with Crippen LogP contribution in [0.1, 0.15) is 0 Å². The van der Waals surface area contributed by atoms with Crippen LogP contribution in [-0.4, -0.2) is 8.80 Å². The van der Waals surface area contributed by atoms with Crippen LogP contribution in [0.3, 0.4) is 0 Å². The number of fused-ring (bicyclic) bond motifs is 22. The van der Waals surface area contributed by atoms with Crippen molar-refractivity contribution in [1.82, 2.24) is 8.80 Å². The highest BCUT2D eigenvalue weighted by atomic mass is 14.9. The molecule has 4 heterocycles. The molecule has 0 saturated carbocycles. The van der Waals surface area contributed by atoms with E-state index < -0.39 is 0 Å². The fraction of sp³-hybridized carbons (Fsp3) is 0. The first kappa shape index (κ1) is 25.4. The molecular weight excluding hydrogens is 605 g/mol. The van der Waals surface area contributed by atoms with Crippen molar-refractivity contribution in [2.75, 3.05) is 0 Å². The SMILES string of the molecule is c1ccc2c(c1)-c1ccccc1-c1ccc3c(c1-c1ccccc1-2)c1cccc2c4c(ccc5c6cccc7c8ccccc8n(c76)c54)n3c12. The number of rotatable bonds is 0. The molecule has 0 unspecified atom stereocenters. The summed E-state index contributed by atoms with van der Waals surface area (Å²) in [5.41, 5.74) is 18.0. The van der Waals surface area contributed by atoms with Gasteiger partial charge in [0.15, 0.2) is 0 Å². The lowest BCUT2D eigenvalue weighted by Crippen LogP contribution is -1.97. The number of benzene rings is 8. The molecule has 0 spiro atoms. The first-order chi connectivity index (χ1) is 24.9. The normalized spacial score (nSPS) is 12.8. The van der Waals surface area contributed by atoms with Gasteiger partial charge >= 0.3 is 0 Å². The standard InChI is InChI=1S/C48H26N2/c1-2-12-28-27(11-1)29-13-3-4-15-31(29)34-23-25-41-44(43(34)33-17-6-5-14-30(28)33)38-20-10-21-39-45-42(49(41)47(38)39)26-24-37-36-19-9-18-35-32-16-7-8-22-40(32)50(46(35)36)48(37)45/h1-26H. The average Bonchev–Trinajstić information content (AvgIpc) is 3.91. The van der Waals surface area contributed by atoms with E-state index >= 15 is 0 Å². The molecule has 0 radical (unpaired) electrons. The lowest BCUT2D eigenvalue weighted by Gasteiger charge is -2.23. The summed E-state index contributed by atoms with van der Waals surface area (Å²) >= 11 is 0. The maximum Gasteiger partial charge on any atom is 0.0641 e. The maximum absolute atomic E-state index is 2.56. The third-order valence-corrected chi connectivity index (χ3v) is 11.7. The molecule has 1 aliphatic rings. The van der Waals surface area contributed by atoms with E-state index in [2.05, 4.69) is 167 Å². The Bertz CT molecular complexity index is 3420. The van der Waals surface area contributed by atoms with Gasteiger partial charge in [0.05, 0.1) is 33.1 Å². The number of nitrogens with zero attached hydrogens (tertiary/aromatic N) is 2.